The predicted octanol–water partition coefficient (Wildman–Crippen LogP) is 2.64. The van der Waals surface area contributed by atoms with Gasteiger partial charge in [0, 0.05) is 13.1 Å². The van der Waals surface area contributed by atoms with Crippen LogP contribution in [-0.4, -0.2) is 36.7 Å². The number of amides is 1. The van der Waals surface area contributed by atoms with Crippen molar-refractivity contribution in [3.05, 3.63) is 35.4 Å². The van der Waals surface area contributed by atoms with E-state index >= 15 is 0 Å². The van der Waals surface area contributed by atoms with Crippen LogP contribution in [0.5, 0.6) is 0 Å². The van der Waals surface area contributed by atoms with Crippen LogP contribution in [0, 0.1) is 5.92 Å². The van der Waals surface area contributed by atoms with Crippen LogP contribution in [0.3, 0.4) is 0 Å². The van der Waals surface area contributed by atoms with Crippen LogP contribution in [0.1, 0.15) is 17.5 Å². The second-order valence-corrected chi connectivity index (χ2v) is 5.72. The zero-order chi connectivity index (χ0) is 15.7. The first-order valence-electron chi connectivity index (χ1n) is 7.25. The van der Waals surface area contributed by atoms with Crippen molar-refractivity contribution in [2.75, 3.05) is 19.7 Å². The Kier molecular flexibility index (Phi) is 3.99. The quantitative estimate of drug-likeness (QED) is 0.932. The molecule has 4 nitrogen and oxygen atoms in total. The molecule has 2 fully saturated rings. The minimum atomic E-state index is -4.38. The highest BCUT2D eigenvalue weighted by molar-refractivity contribution is 5.70. The Morgan fingerprint density at radius 1 is 1.36 bits per heavy atom. The molecule has 0 bridgehead atoms. The van der Waals surface area contributed by atoms with E-state index < -0.39 is 17.8 Å². The number of carbonyl (C=O) groups excluding carboxylic acids is 1. The topological polar surface area (TPSA) is 41.6 Å². The van der Waals surface area contributed by atoms with E-state index in [1.807, 2.05) is 0 Å². The van der Waals surface area contributed by atoms with Crippen LogP contribution in [0.15, 0.2) is 24.3 Å². The van der Waals surface area contributed by atoms with Crippen molar-refractivity contribution in [1.82, 2.24) is 10.2 Å². The Bertz CT molecular complexity index is 556. The summed E-state index contributed by atoms with van der Waals surface area (Å²) in [4.78, 5) is 13.4. The number of alkyl halides is 3. The summed E-state index contributed by atoms with van der Waals surface area (Å²) in [7, 11) is 0. The van der Waals surface area contributed by atoms with Crippen molar-refractivity contribution in [1.29, 1.82) is 0 Å². The van der Waals surface area contributed by atoms with Crippen molar-refractivity contribution >= 4 is 6.09 Å². The number of cyclic esters (lactones) is 1. The summed E-state index contributed by atoms with van der Waals surface area (Å²) >= 11 is 0. The van der Waals surface area contributed by atoms with Crippen LogP contribution in [0.25, 0.3) is 0 Å². The molecule has 2 aliphatic heterocycles. The minimum Gasteiger partial charge on any atom is -0.447 e. The third-order valence-electron chi connectivity index (χ3n) is 4.26. The van der Waals surface area contributed by atoms with Gasteiger partial charge in [0.15, 0.2) is 0 Å². The molecule has 1 N–H and O–H groups in total. The third-order valence-corrected chi connectivity index (χ3v) is 4.26. The molecule has 2 atom stereocenters. The zero-order valence-electron chi connectivity index (χ0n) is 11.9. The molecule has 0 saturated carbocycles. The number of hydrogen-bond donors (Lipinski definition) is 1. The minimum absolute atomic E-state index is 0.0722. The Balaban J connectivity index is 1.77. The van der Waals surface area contributed by atoms with E-state index in [2.05, 4.69) is 5.32 Å². The van der Waals surface area contributed by atoms with Crippen LogP contribution < -0.4 is 5.32 Å². The van der Waals surface area contributed by atoms with E-state index in [1.165, 1.54) is 6.07 Å². The second-order valence-electron chi connectivity index (χ2n) is 5.72. The number of carbonyl (C=O) groups is 1. The lowest BCUT2D eigenvalue weighted by Crippen LogP contribution is -2.39. The standard InChI is InChI=1S/C15H17F3N2O2/c16-15(17,18)12-3-1-2-10(6-12)8-20-13(9-22-14(20)21)11-4-5-19-7-11/h1-3,6,11,13,19H,4-5,7-9H2. The molecule has 2 heterocycles. The normalized spacial score (nSPS) is 25.6. The zero-order valence-corrected chi connectivity index (χ0v) is 11.9. The molecule has 0 radical (unpaired) electrons. The summed E-state index contributed by atoms with van der Waals surface area (Å²) in [5.41, 5.74) is -0.235. The third kappa shape index (κ3) is 3.04. The molecule has 7 heteroatoms. The molecule has 1 amide bonds. The number of benzene rings is 1. The summed E-state index contributed by atoms with van der Waals surface area (Å²) in [6, 6.07) is 5.02. The molecule has 2 unspecified atom stereocenters. The van der Waals surface area contributed by atoms with Gasteiger partial charge in [-0.05, 0) is 36.6 Å². The first kappa shape index (κ1) is 15.1. The van der Waals surface area contributed by atoms with Gasteiger partial charge in [-0.15, -0.1) is 0 Å². The van der Waals surface area contributed by atoms with E-state index in [-0.39, 0.29) is 18.5 Å². The van der Waals surface area contributed by atoms with Gasteiger partial charge in [-0.25, -0.2) is 4.79 Å². The van der Waals surface area contributed by atoms with Gasteiger partial charge in [-0.3, -0.25) is 4.90 Å². The van der Waals surface area contributed by atoms with Crippen molar-refractivity contribution in [3.8, 4) is 0 Å². The maximum atomic E-state index is 12.8. The number of hydrogen-bond acceptors (Lipinski definition) is 3. The number of halogens is 3. The fraction of sp³-hybridized carbons (Fsp3) is 0.533. The van der Waals surface area contributed by atoms with Crippen molar-refractivity contribution in [3.63, 3.8) is 0 Å². The van der Waals surface area contributed by atoms with E-state index in [0.29, 0.717) is 12.2 Å². The van der Waals surface area contributed by atoms with Crippen molar-refractivity contribution in [2.45, 2.75) is 25.2 Å². The number of nitrogens with zero attached hydrogens (tertiary/aromatic N) is 1. The van der Waals surface area contributed by atoms with E-state index in [9.17, 15) is 18.0 Å². The molecule has 22 heavy (non-hydrogen) atoms. The molecular weight excluding hydrogens is 297 g/mol. The molecule has 0 aromatic heterocycles. The smallest absolute Gasteiger partial charge is 0.416 e. The molecule has 0 aliphatic carbocycles. The van der Waals surface area contributed by atoms with E-state index in [4.69, 9.17) is 4.74 Å². The molecular formula is C15H17F3N2O2. The molecule has 1 aromatic carbocycles. The molecule has 120 valence electrons. The highest BCUT2D eigenvalue weighted by Gasteiger charge is 2.39. The van der Waals surface area contributed by atoms with Crippen LogP contribution in [-0.2, 0) is 17.5 Å². The first-order valence-corrected chi connectivity index (χ1v) is 7.25. The van der Waals surface area contributed by atoms with Crippen LogP contribution in [0.2, 0.25) is 0 Å². The monoisotopic (exact) mass is 314 g/mol. The maximum absolute atomic E-state index is 12.8. The molecule has 3 rings (SSSR count). The molecule has 0 spiro atoms. The fourth-order valence-electron chi connectivity index (χ4n) is 3.09. The van der Waals surface area contributed by atoms with Gasteiger partial charge in [-0.2, -0.15) is 13.2 Å². The summed E-state index contributed by atoms with van der Waals surface area (Å²) in [6.07, 6.45) is -3.88. The SMILES string of the molecule is O=C1OCC(C2CCNC2)N1Cc1cccc(C(F)(F)F)c1. The average molecular weight is 314 g/mol. The number of rotatable bonds is 3. The summed E-state index contributed by atoms with van der Waals surface area (Å²) in [5, 5.41) is 3.24. The largest absolute Gasteiger partial charge is 0.447 e. The fourth-order valence-corrected chi connectivity index (χ4v) is 3.09. The van der Waals surface area contributed by atoms with Gasteiger partial charge < -0.3 is 10.1 Å². The number of nitrogens with one attached hydrogen (secondary N) is 1. The highest BCUT2D eigenvalue weighted by Crippen LogP contribution is 2.31. The van der Waals surface area contributed by atoms with Gasteiger partial charge in [0.25, 0.3) is 0 Å². The van der Waals surface area contributed by atoms with E-state index in [1.54, 1.807) is 11.0 Å². The Morgan fingerprint density at radius 3 is 2.86 bits per heavy atom. The Labute approximate surface area is 126 Å². The molecule has 1 aromatic rings. The number of ether oxygens (including phenoxy) is 1. The Morgan fingerprint density at radius 2 is 2.18 bits per heavy atom. The lowest BCUT2D eigenvalue weighted by atomic mass is 9.98. The predicted molar refractivity (Wildman–Crippen MR) is 73.1 cm³/mol. The summed E-state index contributed by atoms with van der Waals surface area (Å²) in [6.45, 7) is 2.15. The molecule has 2 aliphatic rings. The molecule has 2 saturated heterocycles. The maximum Gasteiger partial charge on any atom is 0.416 e. The second kappa shape index (κ2) is 5.79. The van der Waals surface area contributed by atoms with Crippen LogP contribution in [0.4, 0.5) is 18.0 Å². The Hall–Kier alpha value is -1.76. The van der Waals surface area contributed by atoms with Gasteiger partial charge in [0.1, 0.15) is 6.61 Å². The van der Waals surface area contributed by atoms with Crippen molar-refractivity contribution < 1.29 is 22.7 Å². The van der Waals surface area contributed by atoms with Crippen LogP contribution >= 0.6 is 0 Å². The average Bonchev–Trinajstić information content (AvgIpc) is 3.09. The first-order chi connectivity index (χ1) is 10.4. The van der Waals surface area contributed by atoms with Crippen molar-refractivity contribution in [2.24, 2.45) is 5.92 Å². The van der Waals surface area contributed by atoms with Gasteiger partial charge in [0.2, 0.25) is 0 Å². The van der Waals surface area contributed by atoms with Gasteiger partial charge >= 0.3 is 12.3 Å². The van der Waals surface area contributed by atoms with Gasteiger partial charge in [-0.1, -0.05) is 12.1 Å². The summed E-state index contributed by atoms with van der Waals surface area (Å²) in [5.74, 6) is 0.289. The van der Waals surface area contributed by atoms with E-state index in [0.717, 1.165) is 31.6 Å². The lowest BCUT2D eigenvalue weighted by Gasteiger charge is -2.26. The van der Waals surface area contributed by atoms with Gasteiger partial charge in [0.05, 0.1) is 11.6 Å². The lowest BCUT2D eigenvalue weighted by molar-refractivity contribution is -0.137. The highest BCUT2D eigenvalue weighted by atomic mass is 19.4. The summed E-state index contributed by atoms with van der Waals surface area (Å²) < 4.78 is 43.4.